The number of benzene rings is 2. The third kappa shape index (κ3) is 4.20. The van der Waals surface area contributed by atoms with Gasteiger partial charge < -0.3 is 19.6 Å². The van der Waals surface area contributed by atoms with E-state index < -0.39 is 23.9 Å². The molecular formula is C24H22N2O6. The van der Waals surface area contributed by atoms with Gasteiger partial charge in [0.15, 0.2) is 0 Å². The SMILES string of the molecule is CC(CNC(=O)c1occc1NC(=O)OCC1c2ccccc2-c2ccccc21)C(=O)O. The number of furan rings is 1. The molecule has 32 heavy (non-hydrogen) atoms. The molecule has 0 aliphatic heterocycles. The maximum atomic E-state index is 12.4. The van der Waals surface area contributed by atoms with Crippen molar-refractivity contribution >= 4 is 23.7 Å². The molecule has 0 saturated heterocycles. The summed E-state index contributed by atoms with van der Waals surface area (Å²) < 4.78 is 10.6. The molecule has 0 spiro atoms. The molecule has 0 bridgehead atoms. The first-order chi connectivity index (χ1) is 15.5. The maximum Gasteiger partial charge on any atom is 0.411 e. The van der Waals surface area contributed by atoms with Crippen LogP contribution in [0, 0.1) is 5.92 Å². The van der Waals surface area contributed by atoms with Gasteiger partial charge in [-0.05, 0) is 22.3 Å². The van der Waals surface area contributed by atoms with E-state index in [0.717, 1.165) is 22.3 Å². The molecule has 4 rings (SSSR count). The number of carbonyl (C=O) groups excluding carboxylic acids is 2. The van der Waals surface area contributed by atoms with Gasteiger partial charge >= 0.3 is 12.1 Å². The Morgan fingerprint density at radius 2 is 1.66 bits per heavy atom. The highest BCUT2D eigenvalue weighted by molar-refractivity contribution is 6.00. The maximum absolute atomic E-state index is 12.4. The summed E-state index contributed by atoms with van der Waals surface area (Å²) in [5.41, 5.74) is 4.58. The fourth-order valence-corrected chi connectivity index (χ4v) is 3.74. The molecule has 3 aromatic rings. The van der Waals surface area contributed by atoms with Gasteiger partial charge in [-0.3, -0.25) is 14.9 Å². The van der Waals surface area contributed by atoms with Crippen molar-refractivity contribution < 1.29 is 28.6 Å². The standard InChI is InChI=1S/C24H22N2O6/c1-14(23(28)29)12-25-22(27)21-20(10-11-31-21)26-24(30)32-13-19-17-8-4-2-6-15(17)16-7-3-5-9-18(16)19/h2-11,14,19H,12-13H2,1H3,(H,25,27)(H,26,30)(H,28,29). The van der Waals surface area contributed by atoms with E-state index in [1.807, 2.05) is 36.4 Å². The lowest BCUT2D eigenvalue weighted by Crippen LogP contribution is -2.31. The highest BCUT2D eigenvalue weighted by atomic mass is 16.5. The molecule has 1 aliphatic carbocycles. The Morgan fingerprint density at radius 1 is 1.03 bits per heavy atom. The van der Waals surface area contributed by atoms with Crippen LogP contribution < -0.4 is 10.6 Å². The predicted octanol–water partition coefficient (Wildman–Crippen LogP) is 4.09. The molecule has 0 saturated carbocycles. The van der Waals surface area contributed by atoms with Crippen LogP contribution >= 0.6 is 0 Å². The van der Waals surface area contributed by atoms with Crippen molar-refractivity contribution in [1.82, 2.24) is 5.32 Å². The van der Waals surface area contributed by atoms with Gasteiger partial charge in [-0.1, -0.05) is 55.5 Å². The highest BCUT2D eigenvalue weighted by Gasteiger charge is 2.29. The molecule has 3 N–H and O–H groups in total. The normalized spacial score (nSPS) is 13.0. The molecule has 1 heterocycles. The van der Waals surface area contributed by atoms with Gasteiger partial charge in [0.05, 0.1) is 17.9 Å². The van der Waals surface area contributed by atoms with Crippen LogP contribution in [-0.4, -0.2) is 36.2 Å². The molecule has 1 aromatic heterocycles. The van der Waals surface area contributed by atoms with E-state index in [1.54, 1.807) is 0 Å². The Kier molecular flexibility index (Phi) is 5.93. The number of carbonyl (C=O) groups is 3. The van der Waals surface area contributed by atoms with Gasteiger partial charge in [0.25, 0.3) is 5.91 Å². The highest BCUT2D eigenvalue weighted by Crippen LogP contribution is 2.44. The van der Waals surface area contributed by atoms with Crippen LogP contribution in [0.25, 0.3) is 11.1 Å². The number of carboxylic acids is 1. The van der Waals surface area contributed by atoms with Crippen molar-refractivity contribution in [1.29, 1.82) is 0 Å². The van der Waals surface area contributed by atoms with Gasteiger partial charge in [-0.2, -0.15) is 0 Å². The fraction of sp³-hybridized carbons (Fsp3) is 0.208. The van der Waals surface area contributed by atoms with Gasteiger partial charge in [0.2, 0.25) is 5.76 Å². The van der Waals surface area contributed by atoms with Crippen LogP contribution in [0.2, 0.25) is 0 Å². The lowest BCUT2D eigenvalue weighted by Gasteiger charge is -2.14. The van der Waals surface area contributed by atoms with Crippen LogP contribution in [0.1, 0.15) is 34.5 Å². The monoisotopic (exact) mass is 434 g/mol. The number of rotatable bonds is 7. The molecule has 2 amide bonds. The summed E-state index contributed by atoms with van der Waals surface area (Å²) in [6.07, 6.45) is 0.537. The van der Waals surface area contributed by atoms with Crippen LogP contribution in [0.3, 0.4) is 0 Å². The number of aliphatic carboxylic acids is 1. The minimum absolute atomic E-state index is 0.0702. The van der Waals surface area contributed by atoms with E-state index in [-0.39, 0.29) is 30.5 Å². The van der Waals surface area contributed by atoms with Gasteiger partial charge in [-0.15, -0.1) is 0 Å². The zero-order valence-electron chi connectivity index (χ0n) is 17.3. The second-order valence-electron chi connectivity index (χ2n) is 7.56. The summed E-state index contributed by atoms with van der Waals surface area (Å²) in [4.78, 5) is 35.6. The Hall–Kier alpha value is -4.07. The quantitative estimate of drug-likeness (QED) is 0.515. The van der Waals surface area contributed by atoms with E-state index in [1.165, 1.54) is 19.3 Å². The summed E-state index contributed by atoms with van der Waals surface area (Å²) >= 11 is 0. The number of amides is 2. The fourth-order valence-electron chi connectivity index (χ4n) is 3.74. The van der Waals surface area contributed by atoms with E-state index in [2.05, 4.69) is 22.8 Å². The van der Waals surface area contributed by atoms with E-state index in [0.29, 0.717) is 0 Å². The number of carboxylic acid groups (broad SMARTS) is 1. The molecule has 2 aromatic carbocycles. The second-order valence-corrected chi connectivity index (χ2v) is 7.56. The molecule has 8 heteroatoms. The minimum Gasteiger partial charge on any atom is -0.481 e. The molecular weight excluding hydrogens is 412 g/mol. The first-order valence-corrected chi connectivity index (χ1v) is 10.2. The second kappa shape index (κ2) is 8.97. The molecule has 1 aliphatic rings. The number of ether oxygens (including phenoxy) is 1. The van der Waals surface area contributed by atoms with Crippen LogP contribution in [-0.2, 0) is 9.53 Å². The Bertz CT molecular complexity index is 1120. The number of hydrogen-bond donors (Lipinski definition) is 3. The smallest absolute Gasteiger partial charge is 0.411 e. The number of hydrogen-bond acceptors (Lipinski definition) is 5. The van der Waals surface area contributed by atoms with Crippen molar-refractivity contribution in [3.05, 3.63) is 77.7 Å². The van der Waals surface area contributed by atoms with Crippen LogP contribution in [0.15, 0.2) is 65.3 Å². The first-order valence-electron chi connectivity index (χ1n) is 10.2. The average molecular weight is 434 g/mol. The third-order valence-corrected chi connectivity index (χ3v) is 5.44. The van der Waals surface area contributed by atoms with E-state index >= 15 is 0 Å². The Labute approximate surface area is 184 Å². The van der Waals surface area contributed by atoms with Crippen molar-refractivity contribution in [2.24, 2.45) is 5.92 Å². The Balaban J connectivity index is 1.39. The summed E-state index contributed by atoms with van der Waals surface area (Å²) in [6, 6.07) is 17.5. The third-order valence-electron chi connectivity index (χ3n) is 5.44. The van der Waals surface area contributed by atoms with Gasteiger partial charge in [0, 0.05) is 18.5 Å². The topological polar surface area (TPSA) is 118 Å². The van der Waals surface area contributed by atoms with Crippen molar-refractivity contribution in [3.8, 4) is 11.1 Å². The van der Waals surface area contributed by atoms with E-state index in [4.69, 9.17) is 14.3 Å². The summed E-state index contributed by atoms with van der Waals surface area (Å²) in [5.74, 6) is -2.62. The van der Waals surface area contributed by atoms with E-state index in [9.17, 15) is 14.4 Å². The summed E-state index contributed by atoms with van der Waals surface area (Å²) in [7, 11) is 0. The molecule has 1 unspecified atom stereocenters. The van der Waals surface area contributed by atoms with Gasteiger partial charge in [-0.25, -0.2) is 4.79 Å². The molecule has 1 atom stereocenters. The van der Waals surface area contributed by atoms with Crippen molar-refractivity contribution in [2.75, 3.05) is 18.5 Å². The van der Waals surface area contributed by atoms with Crippen LogP contribution in [0.4, 0.5) is 10.5 Å². The van der Waals surface area contributed by atoms with Crippen molar-refractivity contribution in [3.63, 3.8) is 0 Å². The predicted molar refractivity (Wildman–Crippen MR) is 117 cm³/mol. The summed E-state index contributed by atoms with van der Waals surface area (Å²) in [6.45, 7) is 1.54. The largest absolute Gasteiger partial charge is 0.481 e. The Morgan fingerprint density at radius 3 is 2.28 bits per heavy atom. The van der Waals surface area contributed by atoms with Crippen LogP contribution in [0.5, 0.6) is 0 Å². The number of nitrogens with one attached hydrogen (secondary N) is 2. The zero-order chi connectivity index (χ0) is 22.7. The molecule has 8 nitrogen and oxygen atoms in total. The number of anilines is 1. The number of fused-ring (bicyclic) bond motifs is 3. The lowest BCUT2D eigenvalue weighted by molar-refractivity contribution is -0.140. The summed E-state index contributed by atoms with van der Waals surface area (Å²) in [5, 5.41) is 13.9. The average Bonchev–Trinajstić information content (AvgIpc) is 3.38. The van der Waals surface area contributed by atoms with Gasteiger partial charge in [0.1, 0.15) is 6.61 Å². The van der Waals surface area contributed by atoms with Crippen molar-refractivity contribution in [2.45, 2.75) is 12.8 Å². The lowest BCUT2D eigenvalue weighted by atomic mass is 9.98. The molecule has 0 fully saturated rings. The molecule has 164 valence electrons. The molecule has 0 radical (unpaired) electrons. The first kappa shape index (κ1) is 21.2. The minimum atomic E-state index is -1.03. The zero-order valence-corrected chi connectivity index (χ0v) is 17.3.